The van der Waals surface area contributed by atoms with E-state index in [-0.39, 0.29) is 17.7 Å². The van der Waals surface area contributed by atoms with Crippen LogP contribution in [0.4, 0.5) is 5.69 Å². The molecule has 1 unspecified atom stereocenters. The van der Waals surface area contributed by atoms with Crippen LogP contribution in [0.2, 0.25) is 0 Å². The first-order valence-electron chi connectivity index (χ1n) is 8.63. The van der Waals surface area contributed by atoms with Crippen LogP contribution in [0.15, 0.2) is 18.2 Å². The molecule has 0 saturated carbocycles. The molecule has 1 saturated heterocycles. The molecule has 2 amide bonds. The molecule has 0 aromatic heterocycles. The molecule has 1 aliphatic rings. The average molecular weight is 331 g/mol. The molecule has 24 heavy (non-hydrogen) atoms. The second-order valence-corrected chi connectivity index (χ2v) is 7.17. The van der Waals surface area contributed by atoms with Crippen molar-refractivity contribution in [1.29, 1.82) is 0 Å². The van der Waals surface area contributed by atoms with Crippen LogP contribution in [0.5, 0.6) is 0 Å². The molecule has 1 aromatic rings. The van der Waals surface area contributed by atoms with E-state index in [1.807, 2.05) is 38.1 Å². The van der Waals surface area contributed by atoms with Crippen molar-refractivity contribution >= 4 is 17.5 Å². The van der Waals surface area contributed by atoms with Crippen LogP contribution in [0.25, 0.3) is 0 Å². The molecule has 0 spiro atoms. The minimum atomic E-state index is -0.265. The number of carbonyl (C=O) groups is 2. The number of benzene rings is 1. The van der Waals surface area contributed by atoms with Gasteiger partial charge in [-0.15, -0.1) is 0 Å². The van der Waals surface area contributed by atoms with Crippen LogP contribution >= 0.6 is 0 Å². The van der Waals surface area contributed by atoms with Crippen molar-refractivity contribution in [1.82, 2.24) is 10.2 Å². The van der Waals surface area contributed by atoms with Gasteiger partial charge in [-0.05, 0) is 38.1 Å². The zero-order valence-electron chi connectivity index (χ0n) is 15.4. The van der Waals surface area contributed by atoms with Gasteiger partial charge >= 0.3 is 0 Å². The number of carbonyl (C=O) groups excluding carboxylic acids is 2. The molecular weight excluding hydrogens is 302 g/mol. The Kier molecular flexibility index (Phi) is 5.99. The molecule has 1 aromatic carbocycles. The van der Waals surface area contributed by atoms with Gasteiger partial charge in [0.1, 0.15) is 0 Å². The topological polar surface area (TPSA) is 52.7 Å². The molecule has 5 nitrogen and oxygen atoms in total. The summed E-state index contributed by atoms with van der Waals surface area (Å²) in [6.07, 6.45) is 0.291. The van der Waals surface area contributed by atoms with Gasteiger partial charge < -0.3 is 15.1 Å². The second kappa shape index (κ2) is 7.79. The highest BCUT2D eigenvalue weighted by Gasteiger charge is 2.36. The average Bonchev–Trinajstić information content (AvgIpc) is 2.88. The van der Waals surface area contributed by atoms with Gasteiger partial charge in [-0.3, -0.25) is 9.59 Å². The number of para-hydroxylation sites is 1. The quantitative estimate of drug-likeness (QED) is 0.869. The summed E-state index contributed by atoms with van der Waals surface area (Å²) in [6, 6.07) is 6.13. The van der Waals surface area contributed by atoms with Gasteiger partial charge in [-0.2, -0.15) is 0 Å². The third kappa shape index (κ3) is 4.15. The zero-order chi connectivity index (χ0) is 17.9. The molecule has 5 heteroatoms. The standard InChI is InChI=1S/C19H29N3O2/c1-13(2)16-8-6-7-14(3)18(16)22-12-15(11-17(22)23)19(24)20-9-10-21(4)5/h6-8,13,15H,9-12H2,1-5H3,(H,20,24). The predicted molar refractivity (Wildman–Crippen MR) is 97.3 cm³/mol. The lowest BCUT2D eigenvalue weighted by Gasteiger charge is -2.24. The van der Waals surface area contributed by atoms with Crippen LogP contribution in [0.1, 0.15) is 37.3 Å². The summed E-state index contributed by atoms with van der Waals surface area (Å²) in [4.78, 5) is 28.7. The summed E-state index contributed by atoms with van der Waals surface area (Å²) >= 11 is 0. The van der Waals surface area contributed by atoms with E-state index in [1.54, 1.807) is 4.90 Å². The molecule has 2 rings (SSSR count). The summed E-state index contributed by atoms with van der Waals surface area (Å²) in [5.74, 6) is 0.0892. The van der Waals surface area contributed by atoms with Crippen LogP contribution < -0.4 is 10.2 Å². The minimum absolute atomic E-state index is 0.0209. The molecule has 0 radical (unpaired) electrons. The monoisotopic (exact) mass is 331 g/mol. The third-order valence-electron chi connectivity index (χ3n) is 4.51. The van der Waals surface area contributed by atoms with E-state index in [1.165, 1.54) is 0 Å². The molecule has 1 aliphatic heterocycles. The van der Waals surface area contributed by atoms with Crippen molar-refractivity contribution in [3.63, 3.8) is 0 Å². The number of anilines is 1. The molecule has 1 heterocycles. The van der Waals surface area contributed by atoms with Gasteiger partial charge in [-0.1, -0.05) is 32.0 Å². The van der Waals surface area contributed by atoms with Crippen LogP contribution in [0, 0.1) is 12.8 Å². The summed E-state index contributed by atoms with van der Waals surface area (Å²) in [6.45, 7) is 8.16. The molecule has 1 fully saturated rings. The maximum Gasteiger partial charge on any atom is 0.227 e. The highest BCUT2D eigenvalue weighted by atomic mass is 16.2. The molecule has 0 aliphatic carbocycles. The fourth-order valence-corrected chi connectivity index (χ4v) is 3.16. The van der Waals surface area contributed by atoms with Crippen molar-refractivity contribution in [3.05, 3.63) is 29.3 Å². The van der Waals surface area contributed by atoms with Crippen LogP contribution in [0.3, 0.4) is 0 Å². The van der Waals surface area contributed by atoms with E-state index in [2.05, 4.69) is 25.2 Å². The van der Waals surface area contributed by atoms with E-state index >= 15 is 0 Å². The highest BCUT2D eigenvalue weighted by Crippen LogP contribution is 2.34. The summed E-state index contributed by atoms with van der Waals surface area (Å²) in [5.41, 5.74) is 3.24. The van der Waals surface area contributed by atoms with E-state index in [0.29, 0.717) is 25.4 Å². The normalized spacial score (nSPS) is 17.9. The van der Waals surface area contributed by atoms with E-state index < -0.39 is 0 Å². The van der Waals surface area contributed by atoms with Gasteiger partial charge in [-0.25, -0.2) is 0 Å². The largest absolute Gasteiger partial charge is 0.355 e. The number of nitrogens with one attached hydrogen (secondary N) is 1. The number of rotatable bonds is 6. The lowest BCUT2D eigenvalue weighted by Crippen LogP contribution is -2.37. The Bertz CT molecular complexity index is 611. The van der Waals surface area contributed by atoms with Crippen molar-refractivity contribution < 1.29 is 9.59 Å². The Morgan fingerprint density at radius 1 is 1.38 bits per heavy atom. The number of amides is 2. The number of hydrogen-bond donors (Lipinski definition) is 1. The highest BCUT2D eigenvalue weighted by molar-refractivity contribution is 6.01. The summed E-state index contributed by atoms with van der Waals surface area (Å²) in [5, 5.41) is 2.94. The first kappa shape index (κ1) is 18.5. The molecule has 0 bridgehead atoms. The Balaban J connectivity index is 2.12. The lowest BCUT2D eigenvalue weighted by atomic mass is 9.97. The number of likely N-dealkylation sites (N-methyl/N-ethyl adjacent to an activating group) is 1. The number of hydrogen-bond acceptors (Lipinski definition) is 3. The van der Waals surface area contributed by atoms with Crippen molar-refractivity contribution in [2.24, 2.45) is 5.92 Å². The van der Waals surface area contributed by atoms with Gasteiger partial charge in [0.25, 0.3) is 0 Å². The molecule has 132 valence electrons. The zero-order valence-corrected chi connectivity index (χ0v) is 15.4. The van der Waals surface area contributed by atoms with Crippen molar-refractivity contribution in [3.8, 4) is 0 Å². The fraction of sp³-hybridized carbons (Fsp3) is 0.579. The second-order valence-electron chi connectivity index (χ2n) is 7.17. The maximum absolute atomic E-state index is 12.5. The van der Waals surface area contributed by atoms with Crippen molar-refractivity contribution in [2.45, 2.75) is 33.1 Å². The number of nitrogens with zero attached hydrogens (tertiary/aromatic N) is 2. The lowest BCUT2D eigenvalue weighted by molar-refractivity contribution is -0.126. The molecule has 1 N–H and O–H groups in total. The van der Waals surface area contributed by atoms with Crippen molar-refractivity contribution in [2.75, 3.05) is 38.6 Å². The third-order valence-corrected chi connectivity index (χ3v) is 4.51. The Morgan fingerprint density at radius 3 is 2.71 bits per heavy atom. The van der Waals surface area contributed by atoms with Gasteiger partial charge in [0.2, 0.25) is 11.8 Å². The summed E-state index contributed by atoms with van der Waals surface area (Å²) < 4.78 is 0. The van der Waals surface area contributed by atoms with Gasteiger partial charge in [0, 0.05) is 31.7 Å². The first-order valence-corrected chi connectivity index (χ1v) is 8.63. The SMILES string of the molecule is Cc1cccc(C(C)C)c1N1CC(C(=O)NCCN(C)C)CC1=O. The maximum atomic E-state index is 12.5. The Morgan fingerprint density at radius 2 is 2.08 bits per heavy atom. The Labute approximate surface area is 145 Å². The Hall–Kier alpha value is -1.88. The fourth-order valence-electron chi connectivity index (χ4n) is 3.16. The van der Waals surface area contributed by atoms with Crippen LogP contribution in [-0.2, 0) is 9.59 Å². The van der Waals surface area contributed by atoms with E-state index in [9.17, 15) is 9.59 Å². The smallest absolute Gasteiger partial charge is 0.227 e. The predicted octanol–water partition coefficient (Wildman–Crippen LogP) is 2.15. The number of aryl methyl sites for hydroxylation is 1. The van der Waals surface area contributed by atoms with E-state index in [4.69, 9.17) is 0 Å². The minimum Gasteiger partial charge on any atom is -0.355 e. The first-order chi connectivity index (χ1) is 11.3. The molecular formula is C19H29N3O2. The van der Waals surface area contributed by atoms with Gasteiger partial charge in [0.15, 0.2) is 0 Å². The van der Waals surface area contributed by atoms with E-state index in [0.717, 1.165) is 23.4 Å². The summed E-state index contributed by atoms with van der Waals surface area (Å²) in [7, 11) is 3.94. The van der Waals surface area contributed by atoms with Crippen LogP contribution in [-0.4, -0.2) is 50.4 Å². The van der Waals surface area contributed by atoms with Gasteiger partial charge in [0.05, 0.1) is 5.92 Å². The molecule has 1 atom stereocenters.